The van der Waals surface area contributed by atoms with E-state index in [2.05, 4.69) is 34.1 Å². The van der Waals surface area contributed by atoms with Crippen LogP contribution in [0.25, 0.3) is 0 Å². The number of hydrogen-bond donors (Lipinski definition) is 3. The first-order valence-electron chi connectivity index (χ1n) is 11.9. The van der Waals surface area contributed by atoms with Crippen LogP contribution < -0.4 is 16.0 Å². The van der Waals surface area contributed by atoms with E-state index >= 15 is 0 Å². The summed E-state index contributed by atoms with van der Waals surface area (Å²) < 4.78 is 0. The van der Waals surface area contributed by atoms with Gasteiger partial charge in [-0.25, -0.2) is 0 Å². The third-order valence-corrected chi connectivity index (χ3v) is 6.18. The van der Waals surface area contributed by atoms with Crippen LogP contribution in [0.3, 0.4) is 0 Å². The lowest BCUT2D eigenvalue weighted by Crippen LogP contribution is -2.29. The zero-order valence-electron chi connectivity index (χ0n) is 19.5. The van der Waals surface area contributed by atoms with Crippen molar-refractivity contribution in [3.63, 3.8) is 0 Å². The molecule has 0 radical (unpaired) electrons. The topological polar surface area (TPSA) is 77.0 Å². The number of aryl methyl sites for hydroxylation is 2. The summed E-state index contributed by atoms with van der Waals surface area (Å²) in [4.78, 5) is 12.8. The van der Waals surface area contributed by atoms with Gasteiger partial charge in [-0.3, -0.25) is 4.79 Å². The molecule has 34 heavy (non-hydrogen) atoms. The van der Waals surface area contributed by atoms with Gasteiger partial charge in [0.1, 0.15) is 11.6 Å². The number of carbonyl (C=O) groups excluding carboxylic acids is 1. The van der Waals surface area contributed by atoms with Crippen LogP contribution in [0.15, 0.2) is 84.6 Å². The Morgan fingerprint density at radius 1 is 0.941 bits per heavy atom. The Kier molecular flexibility index (Phi) is 7.62. The summed E-state index contributed by atoms with van der Waals surface area (Å²) in [6.07, 6.45) is 6.92. The Balaban J connectivity index is 1.38. The van der Waals surface area contributed by atoms with Gasteiger partial charge in [0.2, 0.25) is 0 Å². The maximum absolute atomic E-state index is 12.8. The molecule has 1 atom stereocenters. The standard InChI is InChI=1S/C29H30N4O/c1-2-28(23-13-12-21-8-6-7-9-22(21)18-23)33-29(34)24(19-30)20-31-25-14-16-27(17-15-25)32-26-10-4-3-5-11-26/h3-5,10-18,20,28,31-32H,2,6-9H2,1H3,(H,33,34)/b24-20-. The van der Waals surface area contributed by atoms with Gasteiger partial charge in [0.05, 0.1) is 6.04 Å². The lowest BCUT2D eigenvalue weighted by molar-refractivity contribution is -0.117. The second kappa shape index (κ2) is 11.2. The van der Waals surface area contributed by atoms with Crippen molar-refractivity contribution >= 4 is 23.0 Å². The Labute approximate surface area is 201 Å². The molecule has 5 nitrogen and oxygen atoms in total. The first kappa shape index (κ1) is 23.1. The van der Waals surface area contributed by atoms with Crippen LogP contribution in [-0.2, 0) is 17.6 Å². The van der Waals surface area contributed by atoms with Crippen LogP contribution in [0.2, 0.25) is 0 Å². The number of carbonyl (C=O) groups is 1. The number of rotatable bonds is 8. The molecule has 1 aliphatic rings. The van der Waals surface area contributed by atoms with E-state index < -0.39 is 0 Å². The maximum atomic E-state index is 12.8. The highest BCUT2D eigenvalue weighted by Crippen LogP contribution is 2.26. The smallest absolute Gasteiger partial charge is 0.263 e. The van der Waals surface area contributed by atoms with E-state index in [0.717, 1.165) is 41.9 Å². The lowest BCUT2D eigenvalue weighted by Gasteiger charge is -2.21. The van der Waals surface area contributed by atoms with Crippen LogP contribution in [0.5, 0.6) is 0 Å². The molecule has 0 spiro atoms. The van der Waals surface area contributed by atoms with Crippen molar-refractivity contribution in [1.29, 1.82) is 5.26 Å². The van der Waals surface area contributed by atoms with Crippen molar-refractivity contribution < 1.29 is 4.79 Å². The average Bonchev–Trinajstić information content (AvgIpc) is 2.89. The van der Waals surface area contributed by atoms with E-state index in [1.54, 1.807) is 0 Å². The van der Waals surface area contributed by atoms with Gasteiger partial charge in [0.25, 0.3) is 5.91 Å². The van der Waals surface area contributed by atoms with Crippen LogP contribution >= 0.6 is 0 Å². The lowest BCUT2D eigenvalue weighted by atomic mass is 9.88. The zero-order chi connectivity index (χ0) is 23.8. The second-order valence-electron chi connectivity index (χ2n) is 8.55. The van der Waals surface area contributed by atoms with Crippen molar-refractivity contribution in [3.8, 4) is 6.07 Å². The fourth-order valence-electron chi connectivity index (χ4n) is 4.27. The summed E-state index contributed by atoms with van der Waals surface area (Å²) in [6, 6.07) is 26.0. The minimum absolute atomic E-state index is 0.0443. The van der Waals surface area contributed by atoms with Gasteiger partial charge in [0.15, 0.2) is 0 Å². The molecule has 5 heteroatoms. The average molecular weight is 451 g/mol. The van der Waals surface area contributed by atoms with Crippen LogP contribution in [-0.4, -0.2) is 5.91 Å². The quantitative estimate of drug-likeness (QED) is 0.274. The fraction of sp³-hybridized carbons (Fsp3) is 0.241. The summed E-state index contributed by atoms with van der Waals surface area (Å²) in [5.41, 5.74) is 6.71. The van der Waals surface area contributed by atoms with Gasteiger partial charge < -0.3 is 16.0 Å². The molecule has 0 aliphatic heterocycles. The van der Waals surface area contributed by atoms with Gasteiger partial charge in [-0.1, -0.05) is 43.3 Å². The molecule has 3 N–H and O–H groups in total. The number of nitrogens with one attached hydrogen (secondary N) is 3. The Morgan fingerprint density at radius 3 is 2.32 bits per heavy atom. The van der Waals surface area contributed by atoms with E-state index in [1.165, 1.54) is 30.2 Å². The molecule has 1 amide bonds. The number of nitriles is 1. The molecule has 0 fully saturated rings. The third kappa shape index (κ3) is 5.85. The highest BCUT2D eigenvalue weighted by Gasteiger charge is 2.18. The monoisotopic (exact) mass is 450 g/mol. The number of amides is 1. The van der Waals surface area contributed by atoms with E-state index in [4.69, 9.17) is 0 Å². The number of hydrogen-bond acceptors (Lipinski definition) is 4. The molecule has 0 saturated heterocycles. The van der Waals surface area contributed by atoms with E-state index in [0.29, 0.717) is 0 Å². The first-order valence-corrected chi connectivity index (χ1v) is 11.9. The van der Waals surface area contributed by atoms with Crippen LogP contribution in [0.1, 0.15) is 48.9 Å². The number of fused-ring (bicyclic) bond motifs is 1. The van der Waals surface area contributed by atoms with Gasteiger partial charge in [-0.05, 0) is 85.2 Å². The maximum Gasteiger partial charge on any atom is 0.263 e. The second-order valence-corrected chi connectivity index (χ2v) is 8.55. The number of nitrogens with zero attached hydrogens (tertiary/aromatic N) is 1. The summed E-state index contributed by atoms with van der Waals surface area (Å²) >= 11 is 0. The van der Waals surface area contributed by atoms with Crippen molar-refractivity contribution in [1.82, 2.24) is 5.32 Å². The van der Waals surface area contributed by atoms with Crippen molar-refractivity contribution in [2.75, 3.05) is 10.6 Å². The number of para-hydroxylation sites is 1. The Hall–Kier alpha value is -4.04. The van der Waals surface area contributed by atoms with E-state index in [-0.39, 0.29) is 17.5 Å². The molecular weight excluding hydrogens is 420 g/mol. The van der Waals surface area contributed by atoms with Gasteiger partial charge >= 0.3 is 0 Å². The summed E-state index contributed by atoms with van der Waals surface area (Å²) in [5.74, 6) is -0.373. The Bertz CT molecular complexity index is 1190. The summed E-state index contributed by atoms with van der Waals surface area (Å²) in [7, 11) is 0. The fourth-order valence-corrected chi connectivity index (χ4v) is 4.27. The Morgan fingerprint density at radius 2 is 1.62 bits per heavy atom. The highest BCUT2D eigenvalue weighted by atomic mass is 16.1. The molecule has 0 heterocycles. The molecule has 4 rings (SSSR count). The summed E-state index contributed by atoms with van der Waals surface area (Å²) in [5, 5.41) is 19.0. The molecule has 3 aromatic rings. The van der Waals surface area contributed by atoms with Gasteiger partial charge in [-0.2, -0.15) is 5.26 Å². The minimum Gasteiger partial charge on any atom is -0.360 e. The van der Waals surface area contributed by atoms with E-state index in [9.17, 15) is 10.1 Å². The third-order valence-electron chi connectivity index (χ3n) is 6.18. The van der Waals surface area contributed by atoms with Gasteiger partial charge in [0, 0.05) is 23.3 Å². The molecular formula is C29H30N4O. The van der Waals surface area contributed by atoms with Crippen LogP contribution in [0.4, 0.5) is 17.1 Å². The largest absolute Gasteiger partial charge is 0.360 e. The first-order chi connectivity index (χ1) is 16.7. The molecule has 0 bridgehead atoms. The van der Waals surface area contributed by atoms with Crippen LogP contribution in [0, 0.1) is 11.3 Å². The molecule has 1 aliphatic carbocycles. The normalized spacial score (nSPS) is 13.8. The van der Waals surface area contributed by atoms with Crippen molar-refractivity contribution in [3.05, 3.63) is 101 Å². The SMILES string of the molecule is CCC(NC(=O)/C(C#N)=C\Nc1ccc(Nc2ccccc2)cc1)c1ccc2c(c1)CCCC2. The van der Waals surface area contributed by atoms with Crippen molar-refractivity contribution in [2.24, 2.45) is 0 Å². The summed E-state index contributed by atoms with van der Waals surface area (Å²) in [6.45, 7) is 2.05. The highest BCUT2D eigenvalue weighted by molar-refractivity contribution is 5.97. The molecule has 0 aromatic heterocycles. The predicted octanol–water partition coefficient (Wildman–Crippen LogP) is 6.40. The minimum atomic E-state index is -0.373. The molecule has 172 valence electrons. The number of benzene rings is 3. The predicted molar refractivity (Wildman–Crippen MR) is 138 cm³/mol. The molecule has 1 unspecified atom stereocenters. The number of anilines is 3. The van der Waals surface area contributed by atoms with E-state index in [1.807, 2.05) is 67.6 Å². The molecule has 3 aromatic carbocycles. The van der Waals surface area contributed by atoms with Crippen molar-refractivity contribution in [2.45, 2.75) is 45.1 Å². The molecule has 0 saturated carbocycles. The zero-order valence-corrected chi connectivity index (χ0v) is 19.5. The van der Waals surface area contributed by atoms with Gasteiger partial charge in [-0.15, -0.1) is 0 Å².